The average Bonchev–Trinajstić information content (AvgIpc) is 2.92. The Bertz CT molecular complexity index is 509. The van der Waals surface area contributed by atoms with Crippen LogP contribution in [0.1, 0.15) is 5.56 Å². The Morgan fingerprint density at radius 1 is 1.17 bits per heavy atom. The van der Waals surface area contributed by atoms with Crippen LogP contribution >= 0.6 is 11.3 Å². The van der Waals surface area contributed by atoms with E-state index in [1.54, 1.807) is 25.6 Å². The molecule has 0 bridgehead atoms. The summed E-state index contributed by atoms with van der Waals surface area (Å²) in [5.41, 5.74) is 9.06. The number of hydrogen-bond acceptors (Lipinski definition) is 4. The van der Waals surface area contributed by atoms with Gasteiger partial charge < -0.3 is 15.2 Å². The topological polar surface area (TPSA) is 44.5 Å². The summed E-state index contributed by atoms with van der Waals surface area (Å²) < 4.78 is 10.8. The molecule has 0 radical (unpaired) electrons. The number of methoxy groups -OCH3 is 2. The number of benzene rings is 1. The second kappa shape index (κ2) is 5.89. The molecule has 1 heterocycles. The molecule has 1 aromatic carbocycles. The maximum absolute atomic E-state index is 5.65. The smallest absolute Gasteiger partial charge is 0.163 e. The van der Waals surface area contributed by atoms with Gasteiger partial charge in [-0.1, -0.05) is 0 Å². The number of ether oxygens (including phenoxy) is 2. The number of thiophene rings is 1. The van der Waals surface area contributed by atoms with Crippen LogP contribution in [0.5, 0.6) is 11.5 Å². The average molecular weight is 263 g/mol. The minimum Gasteiger partial charge on any atom is -0.493 e. The van der Waals surface area contributed by atoms with Gasteiger partial charge in [0.15, 0.2) is 11.5 Å². The van der Waals surface area contributed by atoms with Gasteiger partial charge >= 0.3 is 0 Å². The van der Waals surface area contributed by atoms with E-state index in [4.69, 9.17) is 15.2 Å². The van der Waals surface area contributed by atoms with E-state index in [1.165, 1.54) is 5.56 Å². The van der Waals surface area contributed by atoms with Gasteiger partial charge in [-0.25, -0.2) is 0 Å². The van der Waals surface area contributed by atoms with Gasteiger partial charge in [0.2, 0.25) is 0 Å². The predicted molar refractivity (Wildman–Crippen MR) is 75.6 cm³/mol. The van der Waals surface area contributed by atoms with Crippen molar-refractivity contribution in [3.05, 3.63) is 34.5 Å². The molecule has 2 aromatic rings. The molecule has 18 heavy (non-hydrogen) atoms. The Morgan fingerprint density at radius 3 is 2.56 bits per heavy atom. The van der Waals surface area contributed by atoms with E-state index >= 15 is 0 Å². The number of rotatable bonds is 5. The van der Waals surface area contributed by atoms with E-state index in [2.05, 4.69) is 22.9 Å². The van der Waals surface area contributed by atoms with Crippen molar-refractivity contribution >= 4 is 11.3 Å². The van der Waals surface area contributed by atoms with Crippen LogP contribution in [0.2, 0.25) is 0 Å². The zero-order valence-electron chi connectivity index (χ0n) is 10.6. The summed E-state index contributed by atoms with van der Waals surface area (Å²) in [6.45, 7) is 0.590. The molecule has 0 aliphatic carbocycles. The van der Waals surface area contributed by atoms with Crippen LogP contribution in [-0.4, -0.2) is 20.8 Å². The third-order valence-corrected chi connectivity index (χ3v) is 3.51. The molecule has 3 nitrogen and oxygen atoms in total. The largest absolute Gasteiger partial charge is 0.493 e. The second-order valence-corrected chi connectivity index (χ2v) is 4.70. The van der Waals surface area contributed by atoms with E-state index in [0.717, 1.165) is 29.0 Å². The molecule has 2 rings (SSSR count). The van der Waals surface area contributed by atoms with Crippen molar-refractivity contribution in [1.82, 2.24) is 0 Å². The third-order valence-electron chi connectivity index (χ3n) is 2.82. The van der Waals surface area contributed by atoms with E-state index in [-0.39, 0.29) is 0 Å². The lowest BCUT2D eigenvalue weighted by atomic mass is 10.0. The SMILES string of the molecule is COc1cc(-c2ccsc2)cc(CCN)c1OC. The molecule has 0 aliphatic rings. The molecule has 0 amide bonds. The number of nitrogens with two attached hydrogens (primary N) is 1. The monoisotopic (exact) mass is 263 g/mol. The van der Waals surface area contributed by atoms with Crippen LogP contribution in [0, 0.1) is 0 Å². The molecule has 0 atom stereocenters. The first-order valence-corrected chi connectivity index (χ1v) is 6.72. The minimum absolute atomic E-state index is 0.590. The Balaban J connectivity index is 2.53. The highest BCUT2D eigenvalue weighted by atomic mass is 32.1. The fourth-order valence-electron chi connectivity index (χ4n) is 1.98. The van der Waals surface area contributed by atoms with E-state index < -0.39 is 0 Å². The van der Waals surface area contributed by atoms with Crippen molar-refractivity contribution < 1.29 is 9.47 Å². The third kappa shape index (κ3) is 2.49. The lowest BCUT2D eigenvalue weighted by Gasteiger charge is -2.14. The summed E-state index contributed by atoms with van der Waals surface area (Å²) in [7, 11) is 3.31. The van der Waals surface area contributed by atoms with Crippen LogP contribution in [0.15, 0.2) is 29.0 Å². The van der Waals surface area contributed by atoms with Crippen LogP contribution in [0.25, 0.3) is 11.1 Å². The van der Waals surface area contributed by atoms with Crippen molar-refractivity contribution in [1.29, 1.82) is 0 Å². The maximum Gasteiger partial charge on any atom is 0.163 e. The summed E-state index contributed by atoms with van der Waals surface area (Å²) in [5.74, 6) is 1.53. The van der Waals surface area contributed by atoms with Gasteiger partial charge in [-0.15, -0.1) is 0 Å². The first kappa shape index (κ1) is 12.9. The fraction of sp³-hybridized carbons (Fsp3) is 0.286. The summed E-state index contributed by atoms with van der Waals surface area (Å²) in [6.07, 6.45) is 0.775. The highest BCUT2D eigenvalue weighted by molar-refractivity contribution is 7.08. The molecular weight excluding hydrogens is 246 g/mol. The predicted octanol–water partition coefficient (Wildman–Crippen LogP) is 2.93. The molecule has 0 unspecified atom stereocenters. The molecule has 0 fully saturated rings. The van der Waals surface area contributed by atoms with E-state index in [0.29, 0.717) is 6.54 Å². The molecule has 0 saturated heterocycles. The Morgan fingerprint density at radius 2 is 2.00 bits per heavy atom. The van der Waals surface area contributed by atoms with Gasteiger partial charge in [-0.3, -0.25) is 0 Å². The fourth-order valence-corrected chi connectivity index (χ4v) is 2.64. The lowest BCUT2D eigenvalue weighted by Crippen LogP contribution is -2.05. The molecule has 4 heteroatoms. The second-order valence-electron chi connectivity index (χ2n) is 3.92. The van der Waals surface area contributed by atoms with Crippen LogP contribution < -0.4 is 15.2 Å². The Labute approximate surface area is 111 Å². The summed E-state index contributed by atoms with van der Waals surface area (Å²) in [6, 6.07) is 6.22. The maximum atomic E-state index is 5.65. The zero-order valence-corrected chi connectivity index (χ0v) is 11.4. The first-order valence-electron chi connectivity index (χ1n) is 5.77. The van der Waals surface area contributed by atoms with Crippen molar-refractivity contribution in [3.63, 3.8) is 0 Å². The van der Waals surface area contributed by atoms with Gasteiger partial charge in [0, 0.05) is 0 Å². The van der Waals surface area contributed by atoms with Crippen LogP contribution in [0.4, 0.5) is 0 Å². The van der Waals surface area contributed by atoms with Crippen molar-refractivity contribution in [2.45, 2.75) is 6.42 Å². The normalized spacial score (nSPS) is 10.4. The van der Waals surface area contributed by atoms with Gasteiger partial charge in [0.25, 0.3) is 0 Å². The van der Waals surface area contributed by atoms with Gasteiger partial charge in [0.1, 0.15) is 0 Å². The summed E-state index contributed by atoms with van der Waals surface area (Å²) in [4.78, 5) is 0. The van der Waals surface area contributed by atoms with Crippen molar-refractivity contribution in [2.75, 3.05) is 20.8 Å². The first-order chi connectivity index (χ1) is 8.80. The van der Waals surface area contributed by atoms with Gasteiger partial charge in [-0.05, 0) is 58.6 Å². The van der Waals surface area contributed by atoms with Crippen molar-refractivity contribution in [2.24, 2.45) is 5.73 Å². The highest BCUT2D eigenvalue weighted by Crippen LogP contribution is 2.37. The van der Waals surface area contributed by atoms with Gasteiger partial charge in [0.05, 0.1) is 14.2 Å². The molecule has 0 saturated carbocycles. The van der Waals surface area contributed by atoms with Crippen LogP contribution in [0.3, 0.4) is 0 Å². The summed E-state index contributed by atoms with van der Waals surface area (Å²) in [5, 5.41) is 4.18. The summed E-state index contributed by atoms with van der Waals surface area (Å²) >= 11 is 1.68. The standard InChI is InChI=1S/C14H17NO2S/c1-16-13-8-12(11-4-6-18-9-11)7-10(3-5-15)14(13)17-2/h4,6-9H,3,5,15H2,1-2H3. The molecule has 2 N–H and O–H groups in total. The Hall–Kier alpha value is -1.52. The molecule has 0 spiro atoms. The van der Waals surface area contributed by atoms with Crippen molar-refractivity contribution in [3.8, 4) is 22.6 Å². The quantitative estimate of drug-likeness (QED) is 0.902. The zero-order chi connectivity index (χ0) is 13.0. The van der Waals surface area contributed by atoms with Gasteiger partial charge in [-0.2, -0.15) is 11.3 Å². The number of hydrogen-bond donors (Lipinski definition) is 1. The Kier molecular flexibility index (Phi) is 4.23. The lowest BCUT2D eigenvalue weighted by molar-refractivity contribution is 0.352. The van der Waals surface area contributed by atoms with Crippen LogP contribution in [-0.2, 0) is 6.42 Å². The minimum atomic E-state index is 0.590. The highest BCUT2D eigenvalue weighted by Gasteiger charge is 2.12. The van der Waals surface area contributed by atoms with E-state index in [1.807, 2.05) is 6.07 Å². The molecule has 0 aliphatic heterocycles. The molecule has 96 valence electrons. The van der Waals surface area contributed by atoms with E-state index in [9.17, 15) is 0 Å². The molecular formula is C14H17NO2S. The molecule has 1 aromatic heterocycles.